The summed E-state index contributed by atoms with van der Waals surface area (Å²) in [6.45, 7) is 0. The summed E-state index contributed by atoms with van der Waals surface area (Å²) in [4.78, 5) is 0. The second-order valence-corrected chi connectivity index (χ2v) is 6.64. The first-order valence-corrected chi connectivity index (χ1v) is 8.59. The molecule has 25 heavy (non-hydrogen) atoms. The number of hydrogen-bond donors (Lipinski definition) is 0. The summed E-state index contributed by atoms with van der Waals surface area (Å²) >= 11 is 6.00. The smallest absolute Gasteiger partial charge is 0.240 e. The van der Waals surface area contributed by atoms with Gasteiger partial charge in [-0.15, -0.1) is 10.2 Å². The van der Waals surface area contributed by atoms with E-state index in [-0.39, 0.29) is 5.82 Å². The fourth-order valence-corrected chi connectivity index (χ4v) is 2.98. The molecule has 1 saturated carbocycles. The standard InChI is InChI=1S/C20H16ClFN2O/c21-18-12-17(22)8-6-15(18)7-9-19-23-24-20(25-19)11-13-2-1-3-16(10-13)14-4-5-14/h1-3,6-10,12,14H,4-5,11H2/b9-7+. The van der Waals surface area contributed by atoms with E-state index in [1.54, 1.807) is 18.2 Å². The zero-order valence-electron chi connectivity index (χ0n) is 13.5. The third-order valence-corrected chi connectivity index (χ3v) is 4.53. The SMILES string of the molecule is Fc1ccc(/C=C/c2nnc(Cc3cccc(C4CC4)c3)o2)c(Cl)c1. The molecule has 0 saturated heterocycles. The Labute approximate surface area is 150 Å². The van der Waals surface area contributed by atoms with Gasteiger partial charge >= 0.3 is 0 Å². The van der Waals surface area contributed by atoms with Gasteiger partial charge in [-0.3, -0.25) is 0 Å². The normalized spacial score (nSPS) is 14.3. The first-order valence-electron chi connectivity index (χ1n) is 8.22. The molecule has 1 aromatic heterocycles. The predicted octanol–water partition coefficient (Wildman–Crippen LogP) is 5.50. The van der Waals surface area contributed by atoms with Crippen LogP contribution in [0.1, 0.15) is 47.2 Å². The Kier molecular flexibility index (Phi) is 4.36. The molecular formula is C20H16ClFN2O. The third kappa shape index (κ3) is 3.97. The van der Waals surface area contributed by atoms with Crippen LogP contribution in [0.5, 0.6) is 0 Å². The van der Waals surface area contributed by atoms with Gasteiger partial charge in [0.25, 0.3) is 0 Å². The molecule has 1 aliphatic carbocycles. The fraction of sp³-hybridized carbons (Fsp3) is 0.200. The van der Waals surface area contributed by atoms with Crippen molar-refractivity contribution in [3.8, 4) is 0 Å². The lowest BCUT2D eigenvalue weighted by molar-refractivity contribution is 0.496. The lowest BCUT2D eigenvalue weighted by Gasteiger charge is -2.01. The van der Waals surface area contributed by atoms with Crippen LogP contribution in [0, 0.1) is 5.82 Å². The van der Waals surface area contributed by atoms with E-state index in [4.69, 9.17) is 16.0 Å². The fourth-order valence-electron chi connectivity index (χ4n) is 2.75. The van der Waals surface area contributed by atoms with Gasteiger partial charge in [-0.25, -0.2) is 4.39 Å². The van der Waals surface area contributed by atoms with Gasteiger partial charge in [-0.1, -0.05) is 41.9 Å². The number of benzene rings is 2. The van der Waals surface area contributed by atoms with E-state index in [1.807, 2.05) is 0 Å². The van der Waals surface area contributed by atoms with E-state index in [1.165, 1.54) is 36.1 Å². The van der Waals surface area contributed by atoms with E-state index in [2.05, 4.69) is 34.5 Å². The van der Waals surface area contributed by atoms with Crippen LogP contribution >= 0.6 is 11.6 Å². The number of aromatic nitrogens is 2. The van der Waals surface area contributed by atoms with Crippen LogP contribution in [0.15, 0.2) is 46.9 Å². The number of hydrogen-bond acceptors (Lipinski definition) is 3. The summed E-state index contributed by atoms with van der Waals surface area (Å²) in [5.74, 6) is 1.32. The highest BCUT2D eigenvalue weighted by Crippen LogP contribution is 2.40. The second-order valence-electron chi connectivity index (χ2n) is 6.23. The van der Waals surface area contributed by atoms with Gasteiger partial charge in [0.05, 0.1) is 11.4 Å². The molecule has 3 aromatic rings. The lowest BCUT2D eigenvalue weighted by Crippen LogP contribution is -1.90. The summed E-state index contributed by atoms with van der Waals surface area (Å²) in [6.07, 6.45) is 6.58. The topological polar surface area (TPSA) is 38.9 Å². The maximum Gasteiger partial charge on any atom is 0.240 e. The van der Waals surface area contributed by atoms with E-state index in [0.29, 0.717) is 28.8 Å². The van der Waals surface area contributed by atoms with Crippen molar-refractivity contribution in [2.24, 2.45) is 0 Å². The first-order chi connectivity index (χ1) is 12.2. The van der Waals surface area contributed by atoms with Crippen molar-refractivity contribution in [2.75, 3.05) is 0 Å². The quantitative estimate of drug-likeness (QED) is 0.607. The van der Waals surface area contributed by atoms with Crippen molar-refractivity contribution in [1.29, 1.82) is 0 Å². The Morgan fingerprint density at radius 3 is 2.80 bits per heavy atom. The van der Waals surface area contributed by atoms with Gasteiger partial charge in [0.2, 0.25) is 11.8 Å². The van der Waals surface area contributed by atoms with Crippen molar-refractivity contribution in [3.63, 3.8) is 0 Å². The van der Waals surface area contributed by atoms with Gasteiger partial charge in [0.1, 0.15) is 5.82 Å². The Morgan fingerprint density at radius 1 is 1.12 bits per heavy atom. The molecule has 0 radical (unpaired) electrons. The van der Waals surface area contributed by atoms with Crippen LogP contribution in [-0.4, -0.2) is 10.2 Å². The number of rotatable bonds is 5. The third-order valence-electron chi connectivity index (χ3n) is 4.21. The summed E-state index contributed by atoms with van der Waals surface area (Å²) in [7, 11) is 0. The number of halogens is 2. The molecule has 3 nitrogen and oxygen atoms in total. The highest BCUT2D eigenvalue weighted by atomic mass is 35.5. The molecule has 4 rings (SSSR count). The van der Waals surface area contributed by atoms with E-state index in [9.17, 15) is 4.39 Å². The summed E-state index contributed by atoms with van der Waals surface area (Å²) < 4.78 is 18.7. The molecule has 1 aliphatic rings. The predicted molar refractivity (Wildman–Crippen MR) is 95.9 cm³/mol. The highest BCUT2D eigenvalue weighted by Gasteiger charge is 2.23. The molecular weight excluding hydrogens is 339 g/mol. The summed E-state index contributed by atoms with van der Waals surface area (Å²) in [6, 6.07) is 12.8. The molecule has 0 aliphatic heterocycles. The van der Waals surface area contributed by atoms with Crippen LogP contribution in [0.25, 0.3) is 12.2 Å². The molecule has 0 atom stereocenters. The Balaban J connectivity index is 1.46. The molecule has 1 heterocycles. The molecule has 0 spiro atoms. The Hall–Kier alpha value is -2.46. The van der Waals surface area contributed by atoms with Crippen LogP contribution in [0.2, 0.25) is 5.02 Å². The first kappa shape index (κ1) is 16.0. The molecule has 0 bridgehead atoms. The van der Waals surface area contributed by atoms with Crippen molar-refractivity contribution in [3.05, 3.63) is 81.8 Å². The molecule has 0 N–H and O–H groups in total. The van der Waals surface area contributed by atoms with Crippen molar-refractivity contribution >= 4 is 23.8 Å². The minimum Gasteiger partial charge on any atom is -0.421 e. The molecule has 0 amide bonds. The van der Waals surface area contributed by atoms with Gasteiger partial charge in [0.15, 0.2) is 0 Å². The largest absolute Gasteiger partial charge is 0.421 e. The maximum absolute atomic E-state index is 13.1. The second kappa shape index (κ2) is 6.81. The zero-order chi connectivity index (χ0) is 17.2. The van der Waals surface area contributed by atoms with E-state index < -0.39 is 0 Å². The monoisotopic (exact) mass is 354 g/mol. The van der Waals surface area contributed by atoms with Gasteiger partial charge < -0.3 is 4.42 Å². The average Bonchev–Trinajstić information content (AvgIpc) is 3.36. The summed E-state index contributed by atoms with van der Waals surface area (Å²) in [5.41, 5.74) is 3.26. The Morgan fingerprint density at radius 2 is 2.00 bits per heavy atom. The van der Waals surface area contributed by atoms with Crippen LogP contribution in [0.3, 0.4) is 0 Å². The van der Waals surface area contributed by atoms with Gasteiger partial charge in [-0.2, -0.15) is 0 Å². The minimum absolute atomic E-state index is 0.341. The van der Waals surface area contributed by atoms with E-state index >= 15 is 0 Å². The van der Waals surface area contributed by atoms with Crippen molar-refractivity contribution in [1.82, 2.24) is 10.2 Å². The van der Waals surface area contributed by atoms with Crippen molar-refractivity contribution < 1.29 is 8.81 Å². The lowest BCUT2D eigenvalue weighted by atomic mass is 10.1. The van der Waals surface area contributed by atoms with Gasteiger partial charge in [-0.05, 0) is 53.7 Å². The zero-order valence-corrected chi connectivity index (χ0v) is 14.2. The van der Waals surface area contributed by atoms with Crippen LogP contribution in [0.4, 0.5) is 4.39 Å². The highest BCUT2D eigenvalue weighted by molar-refractivity contribution is 6.32. The van der Waals surface area contributed by atoms with Gasteiger partial charge in [0, 0.05) is 6.08 Å². The molecule has 2 aromatic carbocycles. The average molecular weight is 355 g/mol. The molecule has 126 valence electrons. The molecule has 1 fully saturated rings. The molecule has 0 unspecified atom stereocenters. The van der Waals surface area contributed by atoms with Crippen molar-refractivity contribution in [2.45, 2.75) is 25.2 Å². The minimum atomic E-state index is -0.365. The maximum atomic E-state index is 13.1. The molecule has 5 heteroatoms. The Bertz CT molecular complexity index is 931. The number of nitrogens with zero attached hydrogens (tertiary/aromatic N) is 2. The van der Waals surface area contributed by atoms with Crippen LogP contribution < -0.4 is 0 Å². The van der Waals surface area contributed by atoms with E-state index in [0.717, 1.165) is 5.92 Å². The summed E-state index contributed by atoms with van der Waals surface area (Å²) in [5, 5.41) is 8.45. The van der Waals surface area contributed by atoms with Crippen LogP contribution in [-0.2, 0) is 6.42 Å².